The fourth-order valence-electron chi connectivity index (χ4n) is 3.15. The van der Waals surface area contributed by atoms with Crippen LogP contribution in [0.4, 0.5) is 0 Å². The number of aromatic nitrogens is 5. The Morgan fingerprint density at radius 2 is 2.04 bits per heavy atom. The zero-order valence-corrected chi connectivity index (χ0v) is 14.2. The predicted molar refractivity (Wildman–Crippen MR) is 91.0 cm³/mol. The maximum absolute atomic E-state index is 6.39. The van der Waals surface area contributed by atoms with E-state index in [0.717, 1.165) is 42.5 Å². The lowest BCUT2D eigenvalue weighted by Gasteiger charge is -2.17. The summed E-state index contributed by atoms with van der Waals surface area (Å²) in [5.74, 6) is 1.12. The van der Waals surface area contributed by atoms with E-state index in [1.54, 1.807) is 11.0 Å². The normalized spacial score (nSPS) is 16.1. The van der Waals surface area contributed by atoms with Gasteiger partial charge in [0.1, 0.15) is 12.7 Å². The third kappa shape index (κ3) is 2.81. The maximum atomic E-state index is 6.39. The standard InChI is InChI=1S/C16H18N6O.ClH/c1-11-8-12(4-5-13(11)22-10-18-9-19-22)14-20-15(21-23-14)16(17)6-2-3-7-16;/h4-5,8-10H,2-3,6-7,17H2,1H3;1H. The Balaban J connectivity index is 0.00000169. The Bertz CT molecular complexity index is 823. The van der Waals surface area contributed by atoms with E-state index in [-0.39, 0.29) is 12.4 Å². The van der Waals surface area contributed by atoms with E-state index in [0.29, 0.717) is 11.7 Å². The molecule has 0 saturated heterocycles. The molecule has 126 valence electrons. The number of rotatable bonds is 3. The average molecular weight is 347 g/mol. The Morgan fingerprint density at radius 3 is 2.71 bits per heavy atom. The highest BCUT2D eigenvalue weighted by molar-refractivity contribution is 5.85. The molecule has 1 aliphatic rings. The van der Waals surface area contributed by atoms with Gasteiger partial charge in [0.15, 0.2) is 5.82 Å². The second kappa shape index (κ2) is 6.33. The molecule has 0 aliphatic heterocycles. The van der Waals surface area contributed by atoms with Crippen molar-refractivity contribution in [3.8, 4) is 17.1 Å². The van der Waals surface area contributed by atoms with Crippen LogP contribution in [0.15, 0.2) is 35.4 Å². The minimum absolute atomic E-state index is 0. The van der Waals surface area contributed by atoms with Gasteiger partial charge in [-0.25, -0.2) is 9.67 Å². The van der Waals surface area contributed by atoms with Gasteiger partial charge in [0, 0.05) is 5.56 Å². The highest BCUT2D eigenvalue weighted by atomic mass is 35.5. The highest BCUT2D eigenvalue weighted by Gasteiger charge is 2.36. The van der Waals surface area contributed by atoms with Crippen LogP contribution in [0.2, 0.25) is 0 Å². The van der Waals surface area contributed by atoms with E-state index in [2.05, 4.69) is 20.2 Å². The van der Waals surface area contributed by atoms with Crippen molar-refractivity contribution in [2.45, 2.75) is 38.1 Å². The molecule has 0 atom stereocenters. The molecule has 1 saturated carbocycles. The lowest BCUT2D eigenvalue weighted by Crippen LogP contribution is -2.34. The Morgan fingerprint density at radius 1 is 1.25 bits per heavy atom. The molecule has 1 aliphatic carbocycles. The Kier molecular flexibility index (Phi) is 4.38. The maximum Gasteiger partial charge on any atom is 0.258 e. The van der Waals surface area contributed by atoms with E-state index in [4.69, 9.17) is 10.3 Å². The number of hydrogen-bond donors (Lipinski definition) is 1. The van der Waals surface area contributed by atoms with Crippen molar-refractivity contribution < 1.29 is 4.52 Å². The quantitative estimate of drug-likeness (QED) is 0.783. The number of halogens is 1. The zero-order valence-electron chi connectivity index (χ0n) is 13.3. The summed E-state index contributed by atoms with van der Waals surface area (Å²) in [6.07, 6.45) is 7.25. The van der Waals surface area contributed by atoms with Gasteiger partial charge in [-0.15, -0.1) is 12.4 Å². The number of nitrogens with two attached hydrogens (primary N) is 1. The van der Waals surface area contributed by atoms with Gasteiger partial charge in [-0.2, -0.15) is 10.1 Å². The summed E-state index contributed by atoms with van der Waals surface area (Å²) in [6, 6.07) is 5.92. The summed E-state index contributed by atoms with van der Waals surface area (Å²) < 4.78 is 7.17. The molecule has 1 fully saturated rings. The van der Waals surface area contributed by atoms with E-state index in [9.17, 15) is 0 Å². The summed E-state index contributed by atoms with van der Waals surface area (Å²) in [7, 11) is 0. The molecule has 1 aromatic carbocycles. The monoisotopic (exact) mass is 346 g/mol. The molecule has 24 heavy (non-hydrogen) atoms. The molecule has 0 bridgehead atoms. The van der Waals surface area contributed by atoms with E-state index in [1.165, 1.54) is 6.33 Å². The fraction of sp³-hybridized carbons (Fsp3) is 0.375. The van der Waals surface area contributed by atoms with Crippen LogP contribution in [0.25, 0.3) is 17.1 Å². The van der Waals surface area contributed by atoms with Crippen molar-refractivity contribution in [1.29, 1.82) is 0 Å². The summed E-state index contributed by atoms with van der Waals surface area (Å²) in [5.41, 5.74) is 8.86. The molecule has 0 unspecified atom stereocenters. The lowest BCUT2D eigenvalue weighted by atomic mass is 9.98. The Labute approximate surface area is 145 Å². The molecule has 4 rings (SSSR count). The van der Waals surface area contributed by atoms with E-state index in [1.807, 2.05) is 25.1 Å². The van der Waals surface area contributed by atoms with Gasteiger partial charge < -0.3 is 10.3 Å². The largest absolute Gasteiger partial charge is 0.334 e. The predicted octanol–water partition coefficient (Wildman–Crippen LogP) is 2.78. The smallest absolute Gasteiger partial charge is 0.258 e. The van der Waals surface area contributed by atoms with Crippen LogP contribution in [0, 0.1) is 6.92 Å². The molecule has 0 spiro atoms. The van der Waals surface area contributed by atoms with E-state index < -0.39 is 5.54 Å². The number of hydrogen-bond acceptors (Lipinski definition) is 6. The first kappa shape index (κ1) is 16.6. The number of aryl methyl sites for hydroxylation is 1. The first-order valence-electron chi connectivity index (χ1n) is 7.75. The summed E-state index contributed by atoms with van der Waals surface area (Å²) in [4.78, 5) is 8.50. The van der Waals surface area contributed by atoms with Gasteiger partial charge in [-0.3, -0.25) is 0 Å². The van der Waals surface area contributed by atoms with Crippen LogP contribution < -0.4 is 5.73 Å². The van der Waals surface area contributed by atoms with Crippen LogP contribution >= 0.6 is 12.4 Å². The molecule has 0 radical (unpaired) electrons. The molecular formula is C16H19ClN6O. The topological polar surface area (TPSA) is 95.7 Å². The molecular weight excluding hydrogens is 328 g/mol. The van der Waals surface area contributed by atoms with Gasteiger partial charge in [-0.1, -0.05) is 18.0 Å². The van der Waals surface area contributed by atoms with Crippen molar-refractivity contribution >= 4 is 12.4 Å². The molecule has 2 N–H and O–H groups in total. The van der Waals surface area contributed by atoms with Crippen molar-refractivity contribution in [2.24, 2.45) is 5.73 Å². The first-order chi connectivity index (χ1) is 11.2. The van der Waals surface area contributed by atoms with Crippen molar-refractivity contribution in [3.05, 3.63) is 42.2 Å². The van der Waals surface area contributed by atoms with Crippen molar-refractivity contribution in [1.82, 2.24) is 24.9 Å². The van der Waals surface area contributed by atoms with Gasteiger partial charge >= 0.3 is 0 Å². The minimum Gasteiger partial charge on any atom is -0.334 e. The van der Waals surface area contributed by atoms with Gasteiger partial charge in [0.25, 0.3) is 5.89 Å². The summed E-state index contributed by atoms with van der Waals surface area (Å²) in [6.45, 7) is 2.01. The fourth-order valence-corrected chi connectivity index (χ4v) is 3.15. The van der Waals surface area contributed by atoms with Crippen molar-refractivity contribution in [3.63, 3.8) is 0 Å². The lowest BCUT2D eigenvalue weighted by molar-refractivity contribution is 0.372. The Hall–Kier alpha value is -2.25. The van der Waals surface area contributed by atoms with Crippen LogP contribution in [0.3, 0.4) is 0 Å². The third-order valence-corrected chi connectivity index (χ3v) is 4.48. The molecule has 7 nitrogen and oxygen atoms in total. The average Bonchev–Trinajstić information content (AvgIpc) is 3.29. The zero-order chi connectivity index (χ0) is 15.9. The molecule has 3 aromatic rings. The first-order valence-corrected chi connectivity index (χ1v) is 7.75. The molecule has 2 heterocycles. The minimum atomic E-state index is -0.433. The second-order valence-corrected chi connectivity index (χ2v) is 6.13. The molecule has 8 heteroatoms. The number of nitrogens with zero attached hydrogens (tertiary/aromatic N) is 5. The summed E-state index contributed by atoms with van der Waals surface area (Å²) >= 11 is 0. The van der Waals surface area contributed by atoms with Crippen LogP contribution in [-0.2, 0) is 5.54 Å². The SMILES string of the molecule is Cc1cc(-c2nc(C3(N)CCCC3)no2)ccc1-n1cncn1.Cl. The van der Waals surface area contributed by atoms with Gasteiger partial charge in [0.2, 0.25) is 0 Å². The van der Waals surface area contributed by atoms with Crippen LogP contribution in [0.1, 0.15) is 37.1 Å². The van der Waals surface area contributed by atoms with Gasteiger partial charge in [-0.05, 0) is 43.5 Å². The molecule has 2 aromatic heterocycles. The van der Waals surface area contributed by atoms with Crippen molar-refractivity contribution in [2.75, 3.05) is 0 Å². The van der Waals surface area contributed by atoms with Gasteiger partial charge in [0.05, 0.1) is 11.2 Å². The third-order valence-electron chi connectivity index (χ3n) is 4.48. The van der Waals surface area contributed by atoms with E-state index >= 15 is 0 Å². The highest BCUT2D eigenvalue weighted by Crippen LogP contribution is 2.35. The summed E-state index contributed by atoms with van der Waals surface area (Å²) in [5, 5.41) is 8.26. The second-order valence-electron chi connectivity index (χ2n) is 6.13. The molecule has 0 amide bonds. The number of benzene rings is 1. The van der Waals surface area contributed by atoms with Crippen LogP contribution in [-0.4, -0.2) is 24.9 Å². The van der Waals surface area contributed by atoms with Crippen LogP contribution in [0.5, 0.6) is 0 Å².